The number of nitrogens with two attached hydrogens (primary N) is 1. The van der Waals surface area contributed by atoms with Crippen molar-refractivity contribution in [1.82, 2.24) is 67.1 Å². The Balaban J connectivity index is 1.42. The number of carbonyl (C=O) groups is 12. The molecular weight excluding hydrogens is 1340 g/mol. The van der Waals surface area contributed by atoms with Gasteiger partial charge in [0.25, 0.3) is 0 Å². The van der Waals surface area contributed by atoms with Gasteiger partial charge in [0.05, 0.1) is 38.4 Å². The molecule has 10 atom stereocenters. The number of amides is 8. The van der Waals surface area contributed by atoms with Gasteiger partial charge < -0.3 is 89.0 Å². The van der Waals surface area contributed by atoms with Gasteiger partial charge in [-0.1, -0.05) is 60.7 Å². The van der Waals surface area contributed by atoms with Crippen LogP contribution in [0.1, 0.15) is 49.8 Å². The molecule has 1 aliphatic heterocycles. The number of rotatable bonds is 38. The van der Waals surface area contributed by atoms with Crippen molar-refractivity contribution in [2.24, 2.45) is 5.73 Å². The summed E-state index contributed by atoms with van der Waals surface area (Å²) in [5, 5.41) is 90.6. The number of aromatic nitrogens is 1. The number of para-hydroxylation sites is 1. The third-order valence-electron chi connectivity index (χ3n) is 16.4. The van der Waals surface area contributed by atoms with E-state index in [1.165, 1.54) is 24.3 Å². The molecule has 0 aliphatic carbocycles. The molecule has 4 aromatic rings. The normalized spacial score (nSPS) is 16.7. The Kier molecular flexibility index (Phi) is 34.0. The van der Waals surface area contributed by atoms with E-state index >= 15 is 4.79 Å². The first kappa shape index (κ1) is 81.7. The molecule has 548 valence electrons. The fourth-order valence-electron chi connectivity index (χ4n) is 10.9. The number of phenols is 1. The second-order valence-corrected chi connectivity index (χ2v) is 25.0. The third-order valence-corrected chi connectivity index (χ3v) is 17.1. The first-order chi connectivity index (χ1) is 47.6. The summed E-state index contributed by atoms with van der Waals surface area (Å²) < 4.78 is 0. The van der Waals surface area contributed by atoms with E-state index in [2.05, 4.69) is 72.8 Å². The fraction of sp³-hybridized carbons (Fsp3) is 0.508. The lowest BCUT2D eigenvalue weighted by molar-refractivity contribution is -0.145. The summed E-state index contributed by atoms with van der Waals surface area (Å²) in [6, 6.07) is 8.60. The smallest absolute Gasteiger partial charge is 0.328 e. The van der Waals surface area contributed by atoms with E-state index in [0.717, 1.165) is 13.8 Å². The van der Waals surface area contributed by atoms with Gasteiger partial charge in [-0.2, -0.15) is 25.3 Å². The van der Waals surface area contributed by atoms with Gasteiger partial charge >= 0.3 is 23.9 Å². The standard InChI is InChI=1S/C65H92N14O19S2/c1-38(80)56(64(96)73-51(37-100)63(95)75-57(39(2)81)65(97)98)74-58(90)46(14-8-9-19-66)69-61(93)49(30-42-31-67-45-13-7-6-12-44(42)45)71-60(92)48(29-41-15-17-43(82)18-16-41)70-62(94)50(36-99)72-59(91)47(28-40-10-4-3-5-11-40)68-52(83)32-76-20-22-77(33-53(84)85)24-26-79(35-55(88)89)27-25-78(23-21-76)34-54(86)87/h3-7,10-13,15-18,31,38-39,46-51,56-57,67,80-82,99-100H,8-9,14,19-30,32-37,66H2,1-2H3,(H,68,83)(H,69,93)(H,70,94)(H,71,92)(H,72,91)(H,73,96)(H,74,90)(H,75,95)(H,84,85)(H,86,87)(H,88,89)(H,97,98)/t38-,39-,46+,47-,48+,49-,50+,51+,56+,57+/m1/s1. The number of carboxylic acid groups (broad SMARTS) is 4. The number of carboxylic acids is 4. The van der Waals surface area contributed by atoms with Gasteiger partial charge in [0, 0.05) is 100 Å². The summed E-state index contributed by atoms with van der Waals surface area (Å²) >= 11 is 8.51. The van der Waals surface area contributed by atoms with Crippen LogP contribution in [0.25, 0.3) is 10.9 Å². The monoisotopic (exact) mass is 1440 g/mol. The number of aromatic hydroxyl groups is 1. The maximum atomic E-state index is 15.0. The maximum Gasteiger partial charge on any atom is 0.328 e. The maximum absolute atomic E-state index is 15.0. The number of thiol groups is 2. The molecule has 8 amide bonds. The Morgan fingerprint density at radius 2 is 0.850 bits per heavy atom. The summed E-state index contributed by atoms with van der Waals surface area (Å²) in [7, 11) is 0. The minimum Gasteiger partial charge on any atom is -0.508 e. The molecule has 3 aromatic carbocycles. The quantitative estimate of drug-likeness (QED) is 0.0151. The SMILES string of the molecule is C[C@@H](O)[C@H](NC(=O)[C@H](CS)NC(=O)[C@@H](NC(=O)[C@H](CCCCN)NC(=O)[C@@H](Cc1c[nH]c2ccccc12)NC(=O)[C@H](Cc1ccc(O)cc1)NC(=O)[C@H](CS)NC(=O)[C@@H](Cc1ccccc1)NC(=O)CN1CCN(CC(=O)O)CCN(CC(=O)O)CCN(CC(=O)O)CC1)[C@@H](C)O)C(=O)O. The van der Waals surface area contributed by atoms with Crippen molar-refractivity contribution in [3.63, 3.8) is 0 Å². The molecule has 0 saturated carbocycles. The first-order valence-corrected chi connectivity index (χ1v) is 33.7. The molecule has 5 rings (SSSR count). The van der Waals surface area contributed by atoms with E-state index in [9.17, 15) is 88.5 Å². The van der Waals surface area contributed by atoms with Gasteiger partial charge in [0.2, 0.25) is 47.3 Å². The molecule has 0 radical (unpaired) electrons. The Labute approximate surface area is 587 Å². The zero-order valence-corrected chi connectivity index (χ0v) is 57.3. The second-order valence-electron chi connectivity index (χ2n) is 24.3. The highest BCUT2D eigenvalue weighted by atomic mass is 32.1. The second kappa shape index (κ2) is 41.6. The molecule has 1 aliphatic rings. The van der Waals surface area contributed by atoms with E-state index < -0.39 is 151 Å². The summed E-state index contributed by atoms with van der Waals surface area (Å²) in [6.07, 6.45) is -1.76. The van der Waals surface area contributed by atoms with E-state index in [1.54, 1.807) is 80.4 Å². The lowest BCUT2D eigenvalue weighted by Crippen LogP contribution is -2.62. The highest BCUT2D eigenvalue weighted by molar-refractivity contribution is 7.80. The number of aliphatic hydroxyl groups excluding tert-OH is 2. The number of hydrogen-bond acceptors (Lipinski definition) is 22. The minimum absolute atomic E-state index is 0.0860. The zero-order chi connectivity index (χ0) is 73.6. The van der Waals surface area contributed by atoms with Crippen LogP contribution in [0.3, 0.4) is 0 Å². The van der Waals surface area contributed by atoms with Crippen LogP contribution < -0.4 is 48.3 Å². The number of phenolic OH excluding ortho intramolecular Hbond substituents is 1. The van der Waals surface area contributed by atoms with Crippen molar-refractivity contribution in [1.29, 1.82) is 0 Å². The van der Waals surface area contributed by atoms with E-state index in [-0.39, 0.29) is 116 Å². The Morgan fingerprint density at radius 3 is 1.32 bits per heavy atom. The molecular formula is C65H92N14O19S2. The van der Waals surface area contributed by atoms with Gasteiger partial charge in [-0.3, -0.25) is 72.3 Å². The summed E-state index contributed by atoms with van der Waals surface area (Å²) in [6.45, 7) is 1.80. The average molecular weight is 1440 g/mol. The number of aliphatic hydroxyl groups is 2. The Hall–Kier alpha value is -8.94. The lowest BCUT2D eigenvalue weighted by atomic mass is 10.0. The highest BCUT2D eigenvalue weighted by Crippen LogP contribution is 2.21. The minimum atomic E-state index is -1.80. The molecule has 100 heavy (non-hydrogen) atoms. The number of H-pyrrole nitrogens is 1. The highest BCUT2D eigenvalue weighted by Gasteiger charge is 2.37. The fourth-order valence-corrected chi connectivity index (χ4v) is 11.4. The summed E-state index contributed by atoms with van der Waals surface area (Å²) in [5.41, 5.74) is 7.98. The van der Waals surface area contributed by atoms with Crippen molar-refractivity contribution >= 4 is 107 Å². The molecule has 35 heteroatoms. The van der Waals surface area contributed by atoms with Crippen LogP contribution in [-0.2, 0) is 76.8 Å². The van der Waals surface area contributed by atoms with E-state index in [4.69, 9.17) is 5.73 Å². The van der Waals surface area contributed by atoms with Crippen molar-refractivity contribution in [3.8, 4) is 5.75 Å². The van der Waals surface area contributed by atoms with Crippen LogP contribution in [0.4, 0.5) is 0 Å². The molecule has 0 bridgehead atoms. The van der Waals surface area contributed by atoms with Crippen LogP contribution in [0, 0.1) is 0 Å². The number of carbonyl (C=O) groups excluding carboxylic acids is 8. The van der Waals surface area contributed by atoms with Crippen LogP contribution >= 0.6 is 25.3 Å². The predicted molar refractivity (Wildman–Crippen MR) is 370 cm³/mol. The number of aliphatic carboxylic acids is 4. The number of fused-ring (bicyclic) bond motifs is 1. The Bertz CT molecular complexity index is 3370. The Morgan fingerprint density at radius 1 is 0.460 bits per heavy atom. The lowest BCUT2D eigenvalue weighted by Gasteiger charge is -2.33. The average Bonchev–Trinajstić information content (AvgIpc) is 1.73. The van der Waals surface area contributed by atoms with E-state index in [0.29, 0.717) is 34.0 Å². The van der Waals surface area contributed by atoms with Crippen LogP contribution in [0.5, 0.6) is 5.75 Å². The predicted octanol–water partition coefficient (Wildman–Crippen LogP) is -3.91. The zero-order valence-electron chi connectivity index (χ0n) is 55.5. The van der Waals surface area contributed by atoms with Crippen LogP contribution in [0.15, 0.2) is 85.1 Å². The van der Waals surface area contributed by atoms with Gasteiger partial charge in [0.15, 0.2) is 6.04 Å². The van der Waals surface area contributed by atoms with Crippen LogP contribution in [-0.4, -0.2) is 289 Å². The number of nitrogens with zero attached hydrogens (tertiary/aromatic N) is 4. The molecule has 1 aromatic heterocycles. The molecule has 1 saturated heterocycles. The van der Waals surface area contributed by atoms with Crippen molar-refractivity contribution in [3.05, 3.63) is 102 Å². The molecule has 0 unspecified atom stereocenters. The number of unbranched alkanes of at least 4 members (excludes halogenated alkanes) is 1. The summed E-state index contributed by atoms with van der Waals surface area (Å²) in [5.74, 6) is -13.5. The topological polar surface area (TPSA) is 497 Å². The van der Waals surface area contributed by atoms with Gasteiger partial charge in [0.1, 0.15) is 48.0 Å². The number of hydrogen-bond donors (Lipinski definition) is 19. The van der Waals surface area contributed by atoms with E-state index in [1.807, 2.05) is 0 Å². The molecule has 0 spiro atoms. The molecule has 33 nitrogen and oxygen atoms in total. The number of aromatic amines is 1. The van der Waals surface area contributed by atoms with Crippen molar-refractivity contribution in [2.75, 3.05) is 96.6 Å². The van der Waals surface area contributed by atoms with Gasteiger partial charge in [-0.15, -0.1) is 0 Å². The van der Waals surface area contributed by atoms with Crippen LogP contribution in [0.2, 0.25) is 0 Å². The summed E-state index contributed by atoms with van der Waals surface area (Å²) in [4.78, 5) is 172. The van der Waals surface area contributed by atoms with Gasteiger partial charge in [-0.05, 0) is 74.5 Å². The molecule has 18 N–H and O–H groups in total. The largest absolute Gasteiger partial charge is 0.508 e. The molecule has 1 fully saturated rings. The molecule has 2 heterocycles. The third kappa shape index (κ3) is 27.6. The first-order valence-electron chi connectivity index (χ1n) is 32.4. The number of nitrogens with one attached hydrogen (secondary N) is 9. The van der Waals surface area contributed by atoms with Crippen molar-refractivity contribution < 1.29 is 93.3 Å². The number of benzene rings is 3. The van der Waals surface area contributed by atoms with Gasteiger partial charge in [-0.25, -0.2) is 4.79 Å². The van der Waals surface area contributed by atoms with Crippen molar-refractivity contribution in [2.45, 2.75) is 113 Å².